The molecule has 0 amide bonds. The van der Waals surface area contributed by atoms with E-state index < -0.39 is 0 Å². The zero-order chi connectivity index (χ0) is 13.1. The highest BCUT2D eigenvalue weighted by atomic mass is 15.1. The highest BCUT2D eigenvalue weighted by Crippen LogP contribution is 2.18. The molecule has 0 spiro atoms. The number of nitrogens with zero attached hydrogens (tertiary/aromatic N) is 2. The Labute approximate surface area is 113 Å². The quantitative estimate of drug-likeness (QED) is 0.806. The molecule has 1 aliphatic rings. The van der Waals surface area contributed by atoms with Gasteiger partial charge in [-0.15, -0.1) is 0 Å². The summed E-state index contributed by atoms with van der Waals surface area (Å²) in [5, 5.41) is 1.19. The Morgan fingerprint density at radius 1 is 1.16 bits per heavy atom. The van der Waals surface area contributed by atoms with Crippen LogP contribution in [0.2, 0.25) is 0 Å². The van der Waals surface area contributed by atoms with Gasteiger partial charge in [-0.25, -0.2) is 0 Å². The number of hydrogen-bond acceptors (Lipinski definition) is 2. The molecular weight excluding hydrogens is 232 g/mol. The number of aromatic nitrogens is 1. The van der Waals surface area contributed by atoms with E-state index in [9.17, 15) is 0 Å². The molecule has 0 aliphatic carbocycles. The van der Waals surface area contributed by atoms with Crippen molar-refractivity contribution in [3.63, 3.8) is 0 Å². The molecule has 3 rings (SSSR count). The van der Waals surface area contributed by atoms with Crippen molar-refractivity contribution >= 4 is 17.0 Å². The Balaban J connectivity index is 1.93. The molecule has 1 aliphatic heterocycles. The summed E-state index contributed by atoms with van der Waals surface area (Å²) in [5.41, 5.74) is 2.25. The third-order valence-corrected chi connectivity index (χ3v) is 3.37. The zero-order valence-electron chi connectivity index (χ0n) is 10.9. The molecule has 0 radical (unpaired) electrons. The van der Waals surface area contributed by atoms with Gasteiger partial charge in [0.1, 0.15) is 0 Å². The van der Waals surface area contributed by atoms with Gasteiger partial charge in [0.05, 0.1) is 11.6 Å². The van der Waals surface area contributed by atoms with E-state index in [2.05, 4.69) is 65.6 Å². The van der Waals surface area contributed by atoms with Crippen LogP contribution in [0.1, 0.15) is 5.56 Å². The summed E-state index contributed by atoms with van der Waals surface area (Å²) in [7, 11) is 2.08. The number of fused-ring (bicyclic) bond motifs is 1. The van der Waals surface area contributed by atoms with Gasteiger partial charge in [-0.1, -0.05) is 42.5 Å². The number of hydrogen-bond donors (Lipinski definition) is 0. The predicted molar refractivity (Wildman–Crippen MR) is 80.6 cm³/mol. The largest absolute Gasteiger partial charge is 0.371 e. The number of rotatable bonds is 2. The van der Waals surface area contributed by atoms with Crippen LogP contribution in [-0.4, -0.2) is 23.0 Å². The van der Waals surface area contributed by atoms with Crippen LogP contribution in [0.3, 0.4) is 0 Å². The van der Waals surface area contributed by atoms with E-state index in [1.807, 2.05) is 24.4 Å². The fourth-order valence-corrected chi connectivity index (χ4v) is 2.26. The molecule has 2 aromatic rings. The third kappa shape index (κ3) is 2.43. The van der Waals surface area contributed by atoms with Crippen molar-refractivity contribution in [2.24, 2.45) is 0 Å². The average molecular weight is 248 g/mol. The van der Waals surface area contributed by atoms with Crippen molar-refractivity contribution in [1.82, 2.24) is 9.88 Å². The lowest BCUT2D eigenvalue weighted by molar-refractivity contribution is 0.434. The summed E-state index contributed by atoms with van der Waals surface area (Å²) >= 11 is 0. The molecule has 1 unspecified atom stereocenters. The van der Waals surface area contributed by atoms with Crippen LogP contribution in [0, 0.1) is 0 Å². The highest BCUT2D eigenvalue weighted by Gasteiger charge is 2.06. The second-order valence-corrected chi connectivity index (χ2v) is 4.66. The minimum absolute atomic E-state index is 0.317. The normalized spacial score (nSPS) is 18.6. The Bertz CT molecular complexity index is 663. The standard InChI is InChI=1S/C17H16N2/c1-19-13-5-4-6-15(19)10-9-14-11-12-18-17-8-3-2-7-16(14)17/h2-13,15H,1H3/b10-9+. The number of para-hydroxylation sites is 1. The first kappa shape index (κ1) is 11.7. The molecule has 2 heterocycles. The van der Waals surface area contributed by atoms with E-state index in [1.54, 1.807) is 0 Å². The minimum Gasteiger partial charge on any atom is -0.371 e. The summed E-state index contributed by atoms with van der Waals surface area (Å²) in [4.78, 5) is 6.56. The first-order valence-corrected chi connectivity index (χ1v) is 6.43. The van der Waals surface area contributed by atoms with Crippen molar-refractivity contribution in [2.75, 3.05) is 7.05 Å². The van der Waals surface area contributed by atoms with Gasteiger partial charge >= 0.3 is 0 Å². The summed E-state index contributed by atoms with van der Waals surface area (Å²) in [6.07, 6.45) is 14.6. The predicted octanol–water partition coefficient (Wildman–Crippen LogP) is 3.63. The van der Waals surface area contributed by atoms with Crippen LogP contribution in [-0.2, 0) is 0 Å². The van der Waals surface area contributed by atoms with Gasteiger partial charge < -0.3 is 4.90 Å². The molecule has 2 nitrogen and oxygen atoms in total. The van der Waals surface area contributed by atoms with Crippen molar-refractivity contribution < 1.29 is 0 Å². The average Bonchev–Trinajstić information content (AvgIpc) is 2.46. The van der Waals surface area contributed by atoms with Crippen molar-refractivity contribution in [1.29, 1.82) is 0 Å². The van der Waals surface area contributed by atoms with E-state index in [4.69, 9.17) is 0 Å². The van der Waals surface area contributed by atoms with E-state index >= 15 is 0 Å². The second kappa shape index (κ2) is 5.11. The lowest BCUT2D eigenvalue weighted by Gasteiger charge is -2.23. The lowest BCUT2D eigenvalue weighted by Crippen LogP contribution is -2.24. The summed E-state index contributed by atoms with van der Waals surface area (Å²) < 4.78 is 0. The van der Waals surface area contributed by atoms with E-state index in [-0.39, 0.29) is 0 Å². The zero-order valence-corrected chi connectivity index (χ0v) is 10.9. The molecular formula is C17H16N2. The summed E-state index contributed by atoms with van der Waals surface area (Å²) in [6, 6.07) is 10.6. The molecule has 0 bridgehead atoms. The van der Waals surface area contributed by atoms with Crippen LogP contribution in [0.4, 0.5) is 0 Å². The van der Waals surface area contributed by atoms with Crippen LogP contribution in [0.5, 0.6) is 0 Å². The Morgan fingerprint density at radius 3 is 2.95 bits per heavy atom. The number of allylic oxidation sites excluding steroid dienone is 2. The maximum Gasteiger partial charge on any atom is 0.0707 e. The highest BCUT2D eigenvalue weighted by molar-refractivity contribution is 5.87. The lowest BCUT2D eigenvalue weighted by atomic mass is 10.1. The Morgan fingerprint density at radius 2 is 2.05 bits per heavy atom. The van der Waals surface area contributed by atoms with Gasteiger partial charge in [-0.05, 0) is 30.0 Å². The SMILES string of the molecule is CN1C=CC=CC1/C=C/c1ccnc2ccccc12. The fourth-order valence-electron chi connectivity index (χ4n) is 2.26. The van der Waals surface area contributed by atoms with Crippen molar-refractivity contribution in [3.8, 4) is 0 Å². The molecule has 0 saturated carbocycles. The Hall–Kier alpha value is -2.35. The van der Waals surface area contributed by atoms with Gasteiger partial charge in [-0.3, -0.25) is 4.98 Å². The maximum absolute atomic E-state index is 4.38. The van der Waals surface area contributed by atoms with Gasteiger partial charge in [0.2, 0.25) is 0 Å². The molecule has 19 heavy (non-hydrogen) atoms. The molecule has 94 valence electrons. The topological polar surface area (TPSA) is 16.1 Å². The molecule has 0 saturated heterocycles. The molecule has 0 N–H and O–H groups in total. The van der Waals surface area contributed by atoms with E-state index in [1.165, 1.54) is 10.9 Å². The van der Waals surface area contributed by atoms with Crippen molar-refractivity contribution in [2.45, 2.75) is 6.04 Å². The first-order chi connectivity index (χ1) is 9.34. The van der Waals surface area contributed by atoms with Crippen LogP contribution in [0.25, 0.3) is 17.0 Å². The smallest absolute Gasteiger partial charge is 0.0707 e. The summed E-state index contributed by atoms with van der Waals surface area (Å²) in [6.45, 7) is 0. The fraction of sp³-hybridized carbons (Fsp3) is 0.118. The van der Waals surface area contributed by atoms with Crippen LogP contribution in [0.15, 0.2) is 67.0 Å². The monoisotopic (exact) mass is 248 g/mol. The Kier molecular flexibility index (Phi) is 3.15. The second-order valence-electron chi connectivity index (χ2n) is 4.66. The van der Waals surface area contributed by atoms with Crippen LogP contribution < -0.4 is 0 Å². The number of benzene rings is 1. The van der Waals surface area contributed by atoms with E-state index in [0.29, 0.717) is 6.04 Å². The van der Waals surface area contributed by atoms with Crippen LogP contribution >= 0.6 is 0 Å². The molecule has 1 aromatic carbocycles. The molecule has 1 aromatic heterocycles. The third-order valence-electron chi connectivity index (χ3n) is 3.37. The molecule has 1 atom stereocenters. The van der Waals surface area contributed by atoms with Crippen molar-refractivity contribution in [3.05, 3.63) is 72.6 Å². The van der Waals surface area contributed by atoms with Gasteiger partial charge in [0, 0.05) is 18.6 Å². The van der Waals surface area contributed by atoms with Gasteiger partial charge in [-0.2, -0.15) is 0 Å². The number of pyridine rings is 1. The minimum atomic E-state index is 0.317. The van der Waals surface area contributed by atoms with Gasteiger partial charge in [0.15, 0.2) is 0 Å². The summed E-state index contributed by atoms with van der Waals surface area (Å²) in [5.74, 6) is 0. The van der Waals surface area contributed by atoms with E-state index in [0.717, 1.165) is 5.52 Å². The van der Waals surface area contributed by atoms with Gasteiger partial charge in [0.25, 0.3) is 0 Å². The molecule has 0 fully saturated rings. The first-order valence-electron chi connectivity index (χ1n) is 6.43. The molecule has 2 heteroatoms. The maximum atomic E-state index is 4.38. The number of likely N-dealkylation sites (N-methyl/N-ethyl adjacent to an activating group) is 1.